The summed E-state index contributed by atoms with van der Waals surface area (Å²) in [5, 5.41) is 2.76. The number of nitrogens with two attached hydrogens (primary N) is 1. The van der Waals surface area contributed by atoms with Crippen LogP contribution in [-0.4, -0.2) is 24.8 Å². The molecule has 0 aliphatic rings. The number of aryl methyl sites for hydroxylation is 1. The maximum absolute atomic E-state index is 12.5. The van der Waals surface area contributed by atoms with Crippen LogP contribution in [0, 0.1) is 6.92 Å². The molecule has 5 nitrogen and oxygen atoms in total. The predicted molar refractivity (Wildman–Crippen MR) is 84.1 cm³/mol. The zero-order valence-corrected chi connectivity index (χ0v) is 14.2. The molecule has 2 N–H and O–H groups in total. The summed E-state index contributed by atoms with van der Waals surface area (Å²) in [6, 6.07) is 4.73. The third-order valence-corrected chi connectivity index (χ3v) is 5.90. The average molecular weight is 376 g/mol. The van der Waals surface area contributed by atoms with Gasteiger partial charge in [-0.05, 0) is 25.1 Å². The molecule has 0 radical (unpaired) electrons. The lowest BCUT2D eigenvalue weighted by molar-refractivity contribution is 0.463. The molecule has 0 atom stereocenters. The van der Waals surface area contributed by atoms with Crippen molar-refractivity contribution in [2.45, 2.75) is 18.4 Å². The van der Waals surface area contributed by atoms with Crippen LogP contribution in [0.4, 0.5) is 5.69 Å². The standard InChI is InChI=1S/C12H14BrN3O2S2/c1-8-15-10(7-19-8)6-16(2)20(17,18)12-4-3-9(13)5-11(12)14/h3-5,7H,6,14H2,1-2H3. The minimum absolute atomic E-state index is 0.107. The number of sulfonamides is 1. The highest BCUT2D eigenvalue weighted by molar-refractivity contribution is 9.10. The summed E-state index contributed by atoms with van der Waals surface area (Å²) in [4.78, 5) is 4.37. The highest BCUT2D eigenvalue weighted by atomic mass is 79.9. The molecule has 0 aliphatic heterocycles. The molecule has 0 unspecified atom stereocenters. The molecule has 108 valence electrons. The summed E-state index contributed by atoms with van der Waals surface area (Å²) in [5.74, 6) is 0. The van der Waals surface area contributed by atoms with Crippen molar-refractivity contribution in [3.8, 4) is 0 Å². The van der Waals surface area contributed by atoms with E-state index in [0.717, 1.165) is 15.2 Å². The van der Waals surface area contributed by atoms with Crippen molar-refractivity contribution < 1.29 is 8.42 Å². The van der Waals surface area contributed by atoms with E-state index < -0.39 is 10.0 Å². The summed E-state index contributed by atoms with van der Waals surface area (Å²) in [7, 11) is -2.10. The van der Waals surface area contributed by atoms with Gasteiger partial charge in [-0.25, -0.2) is 13.4 Å². The lowest BCUT2D eigenvalue weighted by Gasteiger charge is -2.17. The van der Waals surface area contributed by atoms with Crippen molar-refractivity contribution in [1.82, 2.24) is 9.29 Å². The van der Waals surface area contributed by atoms with Crippen molar-refractivity contribution >= 4 is 43.0 Å². The molecular formula is C12H14BrN3O2S2. The van der Waals surface area contributed by atoms with Crippen LogP contribution >= 0.6 is 27.3 Å². The first kappa shape index (κ1) is 15.4. The second kappa shape index (κ2) is 5.80. The maximum atomic E-state index is 12.5. The third kappa shape index (κ3) is 3.20. The number of hydrogen-bond donors (Lipinski definition) is 1. The first-order valence-corrected chi connectivity index (χ1v) is 8.84. The zero-order valence-electron chi connectivity index (χ0n) is 11.0. The fourth-order valence-electron chi connectivity index (χ4n) is 1.72. The van der Waals surface area contributed by atoms with Gasteiger partial charge in [0, 0.05) is 16.9 Å². The van der Waals surface area contributed by atoms with Gasteiger partial charge in [0.15, 0.2) is 0 Å². The number of nitrogen functional groups attached to an aromatic ring is 1. The monoisotopic (exact) mass is 375 g/mol. The van der Waals surface area contributed by atoms with Gasteiger partial charge in [-0.1, -0.05) is 15.9 Å². The molecule has 1 aromatic heterocycles. The van der Waals surface area contributed by atoms with Gasteiger partial charge >= 0.3 is 0 Å². The molecule has 1 heterocycles. The van der Waals surface area contributed by atoms with Crippen molar-refractivity contribution in [3.05, 3.63) is 38.8 Å². The maximum Gasteiger partial charge on any atom is 0.245 e. The topological polar surface area (TPSA) is 76.3 Å². The molecule has 0 saturated carbocycles. The molecule has 0 saturated heterocycles. The molecule has 1 aromatic carbocycles. The van der Waals surface area contributed by atoms with Crippen LogP contribution in [-0.2, 0) is 16.6 Å². The molecule has 0 fully saturated rings. The molecule has 0 bridgehead atoms. The Hall–Kier alpha value is -0.960. The number of benzene rings is 1. The Bertz CT molecular complexity index is 728. The van der Waals surface area contributed by atoms with Gasteiger partial charge in [-0.15, -0.1) is 11.3 Å². The number of halogens is 1. The number of nitrogens with zero attached hydrogens (tertiary/aromatic N) is 2. The highest BCUT2D eigenvalue weighted by Crippen LogP contribution is 2.26. The summed E-state index contributed by atoms with van der Waals surface area (Å²) < 4.78 is 27.0. The fraction of sp³-hybridized carbons (Fsp3) is 0.250. The van der Waals surface area contributed by atoms with Gasteiger partial charge in [0.1, 0.15) is 4.90 Å². The normalized spacial score (nSPS) is 12.0. The van der Waals surface area contributed by atoms with Crippen LogP contribution in [0.3, 0.4) is 0 Å². The number of anilines is 1. The Balaban J connectivity index is 2.29. The smallest absolute Gasteiger partial charge is 0.245 e. The van der Waals surface area contributed by atoms with E-state index in [0.29, 0.717) is 0 Å². The Labute approximate surface area is 130 Å². The van der Waals surface area contributed by atoms with E-state index in [1.165, 1.54) is 28.8 Å². The van der Waals surface area contributed by atoms with E-state index in [-0.39, 0.29) is 17.1 Å². The third-order valence-electron chi connectivity index (χ3n) is 2.71. The number of thiazole rings is 1. The number of rotatable bonds is 4. The van der Waals surface area contributed by atoms with E-state index >= 15 is 0 Å². The van der Waals surface area contributed by atoms with Gasteiger partial charge in [0.05, 0.1) is 22.9 Å². The minimum Gasteiger partial charge on any atom is -0.398 e. The second-order valence-corrected chi connectivity index (χ2v) is 8.29. The second-order valence-electron chi connectivity index (χ2n) is 4.30. The van der Waals surface area contributed by atoms with E-state index in [2.05, 4.69) is 20.9 Å². The average Bonchev–Trinajstić information content (AvgIpc) is 2.74. The van der Waals surface area contributed by atoms with E-state index in [9.17, 15) is 8.42 Å². The van der Waals surface area contributed by atoms with Crippen molar-refractivity contribution in [1.29, 1.82) is 0 Å². The number of hydrogen-bond acceptors (Lipinski definition) is 5. The summed E-state index contributed by atoms with van der Waals surface area (Å²) >= 11 is 4.75. The van der Waals surface area contributed by atoms with Crippen LogP contribution in [0.2, 0.25) is 0 Å². The molecule has 8 heteroatoms. The largest absolute Gasteiger partial charge is 0.398 e. The van der Waals surface area contributed by atoms with Gasteiger partial charge in [0.25, 0.3) is 0 Å². The van der Waals surface area contributed by atoms with Crippen LogP contribution in [0.15, 0.2) is 32.9 Å². The van der Waals surface area contributed by atoms with E-state index in [4.69, 9.17) is 5.73 Å². The van der Waals surface area contributed by atoms with Crippen LogP contribution < -0.4 is 5.73 Å². The minimum atomic E-state index is -3.62. The zero-order chi connectivity index (χ0) is 14.9. The quantitative estimate of drug-likeness (QED) is 0.833. The van der Waals surface area contributed by atoms with Crippen LogP contribution in [0.25, 0.3) is 0 Å². The molecule has 2 aromatic rings. The van der Waals surface area contributed by atoms with Gasteiger partial charge in [-0.3, -0.25) is 0 Å². The van der Waals surface area contributed by atoms with Gasteiger partial charge in [0.2, 0.25) is 10.0 Å². The van der Waals surface area contributed by atoms with Crippen molar-refractivity contribution in [2.24, 2.45) is 0 Å². The van der Waals surface area contributed by atoms with E-state index in [1.807, 2.05) is 12.3 Å². The van der Waals surface area contributed by atoms with Crippen LogP contribution in [0.5, 0.6) is 0 Å². The molecule has 0 amide bonds. The summed E-state index contributed by atoms with van der Waals surface area (Å²) in [6.07, 6.45) is 0. The first-order valence-electron chi connectivity index (χ1n) is 5.73. The Morgan fingerprint density at radius 3 is 2.70 bits per heavy atom. The van der Waals surface area contributed by atoms with Gasteiger partial charge < -0.3 is 5.73 Å². The first-order chi connectivity index (χ1) is 9.30. The van der Waals surface area contributed by atoms with E-state index in [1.54, 1.807) is 12.1 Å². The van der Waals surface area contributed by atoms with Crippen molar-refractivity contribution in [3.63, 3.8) is 0 Å². The Kier molecular flexibility index (Phi) is 4.48. The predicted octanol–water partition coefficient (Wildman–Crippen LogP) is 2.62. The highest BCUT2D eigenvalue weighted by Gasteiger charge is 2.24. The SMILES string of the molecule is Cc1nc(CN(C)S(=O)(=O)c2ccc(Br)cc2N)cs1. The summed E-state index contributed by atoms with van der Waals surface area (Å²) in [5.41, 5.74) is 6.75. The lowest BCUT2D eigenvalue weighted by Crippen LogP contribution is -2.27. The van der Waals surface area contributed by atoms with Crippen molar-refractivity contribution in [2.75, 3.05) is 12.8 Å². The number of aromatic nitrogens is 1. The Morgan fingerprint density at radius 1 is 1.45 bits per heavy atom. The van der Waals surface area contributed by atoms with Gasteiger partial charge in [-0.2, -0.15) is 4.31 Å². The molecular weight excluding hydrogens is 362 g/mol. The summed E-state index contributed by atoms with van der Waals surface area (Å²) in [6.45, 7) is 2.11. The molecule has 2 rings (SSSR count). The lowest BCUT2D eigenvalue weighted by atomic mass is 10.3. The molecule has 0 aliphatic carbocycles. The Morgan fingerprint density at radius 2 is 2.15 bits per heavy atom. The molecule has 20 heavy (non-hydrogen) atoms. The molecule has 0 spiro atoms. The fourth-order valence-corrected chi connectivity index (χ4v) is 3.93. The van der Waals surface area contributed by atoms with Crippen LogP contribution in [0.1, 0.15) is 10.7 Å².